The van der Waals surface area contributed by atoms with Gasteiger partial charge in [0.2, 0.25) is 11.8 Å². The summed E-state index contributed by atoms with van der Waals surface area (Å²) in [5.41, 5.74) is 2.28. The van der Waals surface area contributed by atoms with Gasteiger partial charge in [-0.1, -0.05) is 24.3 Å². The van der Waals surface area contributed by atoms with Crippen LogP contribution in [0.25, 0.3) is 11.0 Å². The van der Waals surface area contributed by atoms with Gasteiger partial charge < -0.3 is 14.6 Å². The summed E-state index contributed by atoms with van der Waals surface area (Å²) in [6, 6.07) is 16.4. The fourth-order valence-electron chi connectivity index (χ4n) is 4.18. The van der Waals surface area contributed by atoms with Crippen molar-refractivity contribution < 1.29 is 19.1 Å². The van der Waals surface area contributed by atoms with Crippen molar-refractivity contribution in [3.05, 3.63) is 78.1 Å². The lowest BCUT2D eigenvalue weighted by atomic mass is 10.00. The second kappa shape index (κ2) is 10.9. The molecule has 198 valence electrons. The minimum Gasteiger partial charge on any atom is -0.465 e. The largest absolute Gasteiger partial charge is 0.465 e. The zero-order chi connectivity index (χ0) is 27.4. The number of rotatable bonds is 9. The number of ether oxygens (including phenoxy) is 1. The van der Waals surface area contributed by atoms with Crippen LogP contribution in [0.15, 0.2) is 66.9 Å². The predicted molar refractivity (Wildman–Crippen MR) is 143 cm³/mol. The van der Waals surface area contributed by atoms with Crippen LogP contribution in [-0.2, 0) is 27.9 Å². The average Bonchev–Trinajstić information content (AvgIpc) is 3.52. The van der Waals surface area contributed by atoms with Gasteiger partial charge in [0.05, 0.1) is 23.9 Å². The Labute approximate surface area is 221 Å². The number of aromatic nitrogens is 4. The molecule has 38 heavy (non-hydrogen) atoms. The van der Waals surface area contributed by atoms with Gasteiger partial charge in [-0.05, 0) is 68.8 Å². The highest BCUT2D eigenvalue weighted by molar-refractivity contribution is 6.02. The van der Waals surface area contributed by atoms with Gasteiger partial charge in [-0.3, -0.25) is 14.5 Å². The van der Waals surface area contributed by atoms with Gasteiger partial charge in [0, 0.05) is 24.5 Å². The van der Waals surface area contributed by atoms with Crippen molar-refractivity contribution in [3.8, 4) is 0 Å². The number of carbonyl (C=O) groups excluding carboxylic acids is 3. The number of nitrogens with zero attached hydrogens (tertiary/aromatic N) is 5. The second-order valence-corrected chi connectivity index (χ2v) is 9.71. The Morgan fingerprint density at radius 1 is 1.05 bits per heavy atom. The van der Waals surface area contributed by atoms with E-state index in [0.717, 1.165) is 0 Å². The number of benzene rings is 2. The smallest absolute Gasteiger partial charge is 0.337 e. The summed E-state index contributed by atoms with van der Waals surface area (Å²) in [4.78, 5) is 41.5. The Morgan fingerprint density at radius 2 is 1.76 bits per heavy atom. The van der Waals surface area contributed by atoms with Crippen molar-refractivity contribution in [1.29, 1.82) is 0 Å². The van der Waals surface area contributed by atoms with E-state index in [2.05, 4.69) is 15.6 Å². The van der Waals surface area contributed by atoms with Crippen LogP contribution >= 0.6 is 0 Å². The molecule has 0 saturated carbocycles. The lowest BCUT2D eigenvalue weighted by molar-refractivity contribution is -0.128. The van der Waals surface area contributed by atoms with Crippen molar-refractivity contribution in [2.45, 2.75) is 45.3 Å². The van der Waals surface area contributed by atoms with Gasteiger partial charge in [0.15, 0.2) is 6.04 Å². The van der Waals surface area contributed by atoms with Gasteiger partial charge in [-0.25, -0.2) is 9.48 Å². The Kier molecular flexibility index (Phi) is 7.61. The van der Waals surface area contributed by atoms with E-state index in [1.54, 1.807) is 24.3 Å². The molecule has 0 aliphatic rings. The highest BCUT2D eigenvalue weighted by Crippen LogP contribution is 2.30. The number of esters is 1. The molecule has 0 spiro atoms. The third-order valence-corrected chi connectivity index (χ3v) is 6.66. The number of hydrogen-bond acceptors (Lipinski definition) is 6. The van der Waals surface area contributed by atoms with Crippen molar-refractivity contribution in [3.63, 3.8) is 0 Å². The first-order chi connectivity index (χ1) is 18.1. The van der Waals surface area contributed by atoms with Crippen LogP contribution in [0.3, 0.4) is 0 Å². The maximum absolute atomic E-state index is 14.1. The van der Waals surface area contributed by atoms with Crippen LogP contribution in [0.1, 0.15) is 49.3 Å². The number of fused-ring (bicyclic) bond motifs is 1. The van der Waals surface area contributed by atoms with Crippen molar-refractivity contribution in [1.82, 2.24) is 24.9 Å². The molecular weight excluding hydrogens is 484 g/mol. The first-order valence-corrected chi connectivity index (χ1v) is 12.4. The minimum atomic E-state index is -0.993. The molecule has 4 rings (SSSR count). The minimum absolute atomic E-state index is 0.148. The molecule has 0 bridgehead atoms. The Balaban J connectivity index is 1.82. The molecule has 4 aromatic rings. The molecule has 2 aromatic carbocycles. The number of anilines is 1. The quantitative estimate of drug-likeness (QED) is 0.340. The third-order valence-electron chi connectivity index (χ3n) is 6.66. The molecule has 0 aliphatic heterocycles. The summed E-state index contributed by atoms with van der Waals surface area (Å²) >= 11 is 0. The van der Waals surface area contributed by atoms with Crippen LogP contribution in [0.2, 0.25) is 0 Å². The van der Waals surface area contributed by atoms with E-state index < -0.39 is 17.6 Å². The fourth-order valence-corrected chi connectivity index (χ4v) is 4.18. The van der Waals surface area contributed by atoms with Crippen LogP contribution in [0.4, 0.5) is 5.69 Å². The van der Waals surface area contributed by atoms with Gasteiger partial charge in [0.25, 0.3) is 0 Å². The number of nitrogens with one attached hydrogen (secondary N) is 1. The van der Waals surface area contributed by atoms with Crippen LogP contribution < -0.4 is 10.2 Å². The molecule has 0 saturated heterocycles. The SMILES string of the molecule is CCC(C)(C)NC(=O)[C@H](c1cccn1C)N(C(=O)Cn1nnc2ccccc21)c1ccc(C(=O)OC)cc1. The van der Waals surface area contributed by atoms with Gasteiger partial charge in [0.1, 0.15) is 12.1 Å². The van der Waals surface area contributed by atoms with E-state index in [-0.39, 0.29) is 18.4 Å². The topological polar surface area (TPSA) is 111 Å². The van der Waals surface area contributed by atoms with Crippen molar-refractivity contribution in [2.24, 2.45) is 7.05 Å². The van der Waals surface area contributed by atoms with E-state index >= 15 is 0 Å². The predicted octanol–water partition coefficient (Wildman–Crippen LogP) is 3.64. The van der Waals surface area contributed by atoms with Crippen LogP contribution in [-0.4, -0.2) is 50.0 Å². The number of aryl methyl sites for hydroxylation is 1. The standard InChI is InChI=1S/C28H32N6O4/c1-6-28(2,3)29-26(36)25(23-12-9-17-32(23)4)34(20-15-13-19(14-16-20)27(37)38-5)24(35)18-33-22-11-8-7-10-21(22)30-31-33/h7-17,25H,6,18H2,1-5H3,(H,29,36)/t25-/m0/s1. The highest BCUT2D eigenvalue weighted by atomic mass is 16.5. The van der Waals surface area contributed by atoms with Crippen molar-refractivity contribution >= 4 is 34.5 Å². The summed E-state index contributed by atoms with van der Waals surface area (Å²) in [5, 5.41) is 11.4. The Hall–Kier alpha value is -4.47. The second-order valence-electron chi connectivity index (χ2n) is 9.71. The maximum Gasteiger partial charge on any atom is 0.337 e. The summed E-state index contributed by atoms with van der Waals surface area (Å²) in [6.45, 7) is 5.71. The molecule has 1 N–H and O–H groups in total. The molecule has 0 unspecified atom stereocenters. The number of hydrogen-bond donors (Lipinski definition) is 1. The maximum atomic E-state index is 14.1. The normalized spacial score (nSPS) is 12.2. The van der Waals surface area contributed by atoms with Crippen LogP contribution in [0, 0.1) is 0 Å². The van der Waals surface area contributed by atoms with E-state index in [1.165, 1.54) is 16.7 Å². The molecule has 10 nitrogen and oxygen atoms in total. The molecule has 2 heterocycles. The molecule has 0 aliphatic carbocycles. The molecule has 10 heteroatoms. The lowest BCUT2D eigenvalue weighted by Gasteiger charge is -2.34. The van der Waals surface area contributed by atoms with Crippen molar-refractivity contribution in [2.75, 3.05) is 12.0 Å². The monoisotopic (exact) mass is 516 g/mol. The highest BCUT2D eigenvalue weighted by Gasteiger charge is 2.36. The Morgan fingerprint density at radius 3 is 2.39 bits per heavy atom. The van der Waals surface area contributed by atoms with E-state index in [9.17, 15) is 14.4 Å². The van der Waals surface area contributed by atoms with Crippen LogP contribution in [0.5, 0.6) is 0 Å². The van der Waals surface area contributed by atoms with Gasteiger partial charge >= 0.3 is 5.97 Å². The molecule has 2 aromatic heterocycles. The zero-order valence-electron chi connectivity index (χ0n) is 22.2. The molecule has 1 atom stereocenters. The third kappa shape index (κ3) is 5.44. The average molecular weight is 517 g/mol. The fraction of sp³-hybridized carbons (Fsp3) is 0.321. The first-order valence-electron chi connectivity index (χ1n) is 12.4. The number of para-hydroxylation sites is 1. The lowest BCUT2D eigenvalue weighted by Crippen LogP contribution is -2.51. The van der Waals surface area contributed by atoms with E-state index in [1.807, 2.05) is 75.0 Å². The summed E-state index contributed by atoms with van der Waals surface area (Å²) in [5.74, 6) is -1.19. The number of amides is 2. The molecular formula is C28H32N6O4. The summed E-state index contributed by atoms with van der Waals surface area (Å²) < 4.78 is 8.15. The number of carbonyl (C=O) groups is 3. The zero-order valence-corrected chi connectivity index (χ0v) is 22.2. The first kappa shape index (κ1) is 26.6. The summed E-state index contributed by atoms with van der Waals surface area (Å²) in [7, 11) is 3.13. The van der Waals surface area contributed by atoms with E-state index in [0.29, 0.717) is 34.4 Å². The van der Waals surface area contributed by atoms with E-state index in [4.69, 9.17) is 4.74 Å². The van der Waals surface area contributed by atoms with Gasteiger partial charge in [-0.2, -0.15) is 0 Å². The Bertz CT molecular complexity index is 1450. The number of methoxy groups -OCH3 is 1. The van der Waals surface area contributed by atoms with Gasteiger partial charge in [-0.15, -0.1) is 5.10 Å². The molecule has 0 fully saturated rings. The molecule has 0 radical (unpaired) electrons. The molecule has 2 amide bonds. The summed E-state index contributed by atoms with van der Waals surface area (Å²) in [6.07, 6.45) is 2.53.